The van der Waals surface area contributed by atoms with Gasteiger partial charge in [0.15, 0.2) is 0 Å². The van der Waals surface area contributed by atoms with Gasteiger partial charge in [-0.3, -0.25) is 0 Å². The second-order valence-corrected chi connectivity index (χ2v) is 11.5. The first-order valence-corrected chi connectivity index (χ1v) is 17.2. The van der Waals surface area contributed by atoms with Crippen molar-refractivity contribution in [2.75, 3.05) is 10.2 Å². The van der Waals surface area contributed by atoms with Gasteiger partial charge in [-0.15, -0.1) is 0 Å². The maximum atomic E-state index is 4.10. The summed E-state index contributed by atoms with van der Waals surface area (Å²) < 4.78 is 0. The van der Waals surface area contributed by atoms with Crippen LogP contribution in [0.5, 0.6) is 0 Å². The molecular formula is C46H44N2. The van der Waals surface area contributed by atoms with Crippen LogP contribution in [0.1, 0.15) is 44.4 Å². The van der Waals surface area contributed by atoms with E-state index in [1.54, 1.807) is 0 Å². The van der Waals surface area contributed by atoms with E-state index in [0.29, 0.717) is 0 Å². The Morgan fingerprint density at radius 3 is 1.98 bits per heavy atom. The third-order valence-corrected chi connectivity index (χ3v) is 9.05. The molecule has 0 atom stereocenters. The molecule has 1 heterocycles. The number of allylic oxidation sites excluding steroid dienone is 3. The Kier molecular flexibility index (Phi) is 9.73. The van der Waals surface area contributed by atoms with Gasteiger partial charge in [-0.25, -0.2) is 0 Å². The highest BCUT2D eigenvalue weighted by atomic mass is 15.1. The van der Waals surface area contributed by atoms with E-state index in [-0.39, 0.29) is 0 Å². The summed E-state index contributed by atoms with van der Waals surface area (Å²) >= 11 is 0. The lowest BCUT2D eigenvalue weighted by molar-refractivity contribution is 0.941. The molecular weight excluding hydrogens is 581 g/mol. The van der Waals surface area contributed by atoms with Gasteiger partial charge in [-0.1, -0.05) is 132 Å². The molecule has 6 aromatic carbocycles. The molecule has 238 valence electrons. The maximum Gasteiger partial charge on any atom is 0.0470 e. The van der Waals surface area contributed by atoms with Crippen LogP contribution in [0.2, 0.25) is 0 Å². The molecule has 0 saturated heterocycles. The Balaban J connectivity index is 0.000000969. The Morgan fingerprint density at radius 2 is 1.19 bits per heavy atom. The number of aryl methyl sites for hydroxylation is 2. The van der Waals surface area contributed by atoms with E-state index in [9.17, 15) is 0 Å². The van der Waals surface area contributed by atoms with Crippen LogP contribution in [0, 0.1) is 0 Å². The third kappa shape index (κ3) is 5.75. The van der Waals surface area contributed by atoms with Crippen LogP contribution in [0.25, 0.3) is 38.6 Å². The quantitative estimate of drug-likeness (QED) is 0.198. The molecule has 0 bridgehead atoms. The zero-order valence-corrected chi connectivity index (χ0v) is 28.6. The zero-order valence-electron chi connectivity index (χ0n) is 28.6. The van der Waals surface area contributed by atoms with Crippen LogP contribution in [-0.4, -0.2) is 0 Å². The van der Waals surface area contributed by atoms with Crippen molar-refractivity contribution in [1.82, 2.24) is 0 Å². The number of rotatable bonds is 6. The largest absolute Gasteiger partial charge is 0.355 e. The fourth-order valence-corrected chi connectivity index (χ4v) is 7.02. The second-order valence-electron chi connectivity index (χ2n) is 11.5. The number of fused-ring (bicyclic) bond motifs is 3. The molecule has 1 aliphatic carbocycles. The fraction of sp³-hybridized carbons (Fsp3) is 0.130. The number of nitrogens with one attached hydrogen (secondary N) is 1. The molecule has 1 N–H and O–H groups in total. The second kappa shape index (κ2) is 14.4. The Hall–Kier alpha value is -5.60. The lowest BCUT2D eigenvalue weighted by atomic mass is 9.85. The number of nitrogens with zero attached hydrogens (tertiary/aromatic N) is 1. The smallest absolute Gasteiger partial charge is 0.0470 e. The summed E-state index contributed by atoms with van der Waals surface area (Å²) in [5.41, 5.74) is 15.7. The molecule has 8 rings (SSSR count). The molecule has 0 radical (unpaired) electrons. The first-order valence-electron chi connectivity index (χ1n) is 17.2. The summed E-state index contributed by atoms with van der Waals surface area (Å²) in [7, 11) is 0. The van der Waals surface area contributed by atoms with Crippen molar-refractivity contribution in [3.63, 3.8) is 0 Å². The number of hydrogen-bond acceptors (Lipinski definition) is 2. The summed E-state index contributed by atoms with van der Waals surface area (Å²) in [5.74, 6) is 0. The average Bonchev–Trinajstić information content (AvgIpc) is 3.17. The zero-order chi connectivity index (χ0) is 33.6. The predicted octanol–water partition coefficient (Wildman–Crippen LogP) is 13.3. The molecule has 0 amide bonds. The molecule has 48 heavy (non-hydrogen) atoms. The van der Waals surface area contributed by atoms with Crippen LogP contribution < -0.4 is 10.2 Å². The number of benzene rings is 6. The van der Waals surface area contributed by atoms with Crippen LogP contribution >= 0.6 is 0 Å². The highest BCUT2D eigenvalue weighted by Gasteiger charge is 2.22. The minimum Gasteiger partial charge on any atom is -0.355 e. The minimum absolute atomic E-state index is 0.988. The van der Waals surface area contributed by atoms with Gasteiger partial charge >= 0.3 is 0 Å². The molecule has 0 fully saturated rings. The van der Waals surface area contributed by atoms with Crippen LogP contribution in [0.15, 0.2) is 158 Å². The molecule has 0 saturated carbocycles. The molecule has 2 aliphatic rings. The maximum absolute atomic E-state index is 4.10. The highest BCUT2D eigenvalue weighted by Crippen LogP contribution is 2.44. The molecule has 0 spiro atoms. The first kappa shape index (κ1) is 32.3. The van der Waals surface area contributed by atoms with Crippen LogP contribution in [-0.2, 0) is 12.8 Å². The minimum atomic E-state index is 0.988. The topological polar surface area (TPSA) is 15.3 Å². The lowest BCUT2D eigenvalue weighted by Crippen LogP contribution is -2.12. The Labute approximate surface area is 286 Å². The lowest BCUT2D eigenvalue weighted by Gasteiger charge is -2.28. The third-order valence-electron chi connectivity index (χ3n) is 9.05. The standard InChI is InChI=1S/C42H32N2.2C2H6/c1-3-34-38-18-11-19-39-37(24-25-41(42(38)39)43-40(34)4-2)29-13-10-16-32(26-29)44(31-14-6-5-7-15-31)33-22-23-36-30(27-33)21-20-28-12-8-9-17-35(28)36;2*1-2/h3-19,22-27,43H,1-2,20-21H2;2*1-2H3. The summed E-state index contributed by atoms with van der Waals surface area (Å²) in [6.45, 7) is 16.1. The molecule has 2 heteroatoms. The van der Waals surface area contributed by atoms with E-state index < -0.39 is 0 Å². The fourth-order valence-electron chi connectivity index (χ4n) is 7.02. The molecule has 2 nitrogen and oxygen atoms in total. The SMILES string of the molecule is C=CC1=C(C=C)c2cccc3c(-c4cccc(N(c5ccccc5)c5ccc6c(c5)CCc5ccccc5-6)c4)ccc(c23)N1.CC.CC. The summed E-state index contributed by atoms with van der Waals surface area (Å²) in [4.78, 5) is 2.38. The van der Waals surface area contributed by atoms with Gasteiger partial charge in [0.2, 0.25) is 0 Å². The highest BCUT2D eigenvalue weighted by molar-refractivity contribution is 6.12. The van der Waals surface area contributed by atoms with Crippen molar-refractivity contribution in [1.29, 1.82) is 0 Å². The monoisotopic (exact) mass is 624 g/mol. The number of para-hydroxylation sites is 1. The molecule has 1 aliphatic heterocycles. The van der Waals surface area contributed by atoms with Crippen molar-refractivity contribution < 1.29 is 0 Å². The van der Waals surface area contributed by atoms with E-state index in [4.69, 9.17) is 0 Å². The van der Waals surface area contributed by atoms with E-state index in [0.717, 1.165) is 41.2 Å². The molecule has 0 unspecified atom stereocenters. The van der Waals surface area contributed by atoms with E-state index in [1.807, 2.05) is 39.8 Å². The van der Waals surface area contributed by atoms with Crippen molar-refractivity contribution in [2.45, 2.75) is 40.5 Å². The normalized spacial score (nSPS) is 12.2. The summed E-state index contributed by atoms with van der Waals surface area (Å²) in [5, 5.41) is 6.00. The Morgan fingerprint density at radius 1 is 0.542 bits per heavy atom. The van der Waals surface area contributed by atoms with Gasteiger partial charge in [0.05, 0.1) is 0 Å². The van der Waals surface area contributed by atoms with Crippen LogP contribution in [0.4, 0.5) is 22.7 Å². The Bertz CT molecular complexity index is 2130. The van der Waals surface area contributed by atoms with Crippen molar-refractivity contribution >= 4 is 39.1 Å². The van der Waals surface area contributed by atoms with E-state index in [1.165, 1.54) is 55.4 Å². The average molecular weight is 625 g/mol. The van der Waals surface area contributed by atoms with Gasteiger partial charge in [0.25, 0.3) is 0 Å². The molecule has 0 aromatic heterocycles. The van der Waals surface area contributed by atoms with Gasteiger partial charge < -0.3 is 10.2 Å². The van der Waals surface area contributed by atoms with Gasteiger partial charge in [-0.05, 0) is 106 Å². The van der Waals surface area contributed by atoms with Gasteiger partial charge in [0.1, 0.15) is 0 Å². The first-order chi connectivity index (χ1) is 23.7. The van der Waals surface area contributed by atoms with E-state index in [2.05, 4.69) is 151 Å². The number of hydrogen-bond donors (Lipinski definition) is 1. The van der Waals surface area contributed by atoms with Gasteiger partial charge in [0, 0.05) is 39.4 Å². The van der Waals surface area contributed by atoms with Crippen molar-refractivity contribution in [2.24, 2.45) is 0 Å². The number of anilines is 4. The molecule has 6 aromatic rings. The van der Waals surface area contributed by atoms with E-state index >= 15 is 0 Å². The van der Waals surface area contributed by atoms with Gasteiger partial charge in [-0.2, -0.15) is 0 Å². The van der Waals surface area contributed by atoms with Crippen molar-refractivity contribution in [3.8, 4) is 22.3 Å². The summed E-state index contributed by atoms with van der Waals surface area (Å²) in [6.07, 6.45) is 5.91. The summed E-state index contributed by atoms with van der Waals surface area (Å²) in [6, 6.07) is 46.4. The predicted molar refractivity (Wildman–Crippen MR) is 211 cm³/mol. The van der Waals surface area contributed by atoms with Crippen molar-refractivity contribution in [3.05, 3.63) is 175 Å². The van der Waals surface area contributed by atoms with Crippen LogP contribution in [0.3, 0.4) is 0 Å².